The lowest BCUT2D eigenvalue weighted by Crippen LogP contribution is -2.16. The van der Waals surface area contributed by atoms with E-state index in [0.717, 1.165) is 100 Å². The number of carboxylic acid groups (broad SMARTS) is 1. The predicted molar refractivity (Wildman–Crippen MR) is 224 cm³/mol. The molecule has 0 saturated heterocycles. The number of unbranched alkanes of at least 4 members (excludes halogenated alkanes) is 9. The third-order valence-corrected chi connectivity index (χ3v) is 9.96. The molecule has 0 fully saturated rings. The third-order valence-electron chi connectivity index (χ3n) is 9.96. The number of aromatic carboxylic acids is 1. The minimum atomic E-state index is -0.978. The molecule has 316 valence electrons. The Bertz CT molecular complexity index is 1680. The van der Waals surface area contributed by atoms with Crippen LogP contribution in [0.1, 0.15) is 151 Å². The number of ether oxygens (including phenoxy) is 7. The first-order valence-electron chi connectivity index (χ1n) is 20.2. The lowest BCUT2D eigenvalue weighted by Gasteiger charge is -2.18. The Kier molecular flexibility index (Phi) is 22.1. The van der Waals surface area contributed by atoms with Crippen LogP contribution in [0.15, 0.2) is 30.3 Å². The zero-order valence-electron chi connectivity index (χ0n) is 36.0. The minimum absolute atomic E-state index is 0.175. The molecule has 0 saturated carbocycles. The molecule has 0 aliphatic carbocycles. The van der Waals surface area contributed by atoms with E-state index in [9.17, 15) is 14.4 Å². The fourth-order valence-corrected chi connectivity index (χ4v) is 6.78. The number of carbonyl (C=O) groups excluding carboxylic acids is 2. The molecule has 0 spiro atoms. The highest BCUT2D eigenvalue weighted by Gasteiger charge is 2.25. The van der Waals surface area contributed by atoms with Gasteiger partial charge in [0.25, 0.3) is 0 Å². The molecule has 0 aliphatic rings. The van der Waals surface area contributed by atoms with E-state index < -0.39 is 17.9 Å². The first-order chi connectivity index (χ1) is 27.5. The van der Waals surface area contributed by atoms with Crippen molar-refractivity contribution in [3.63, 3.8) is 0 Å². The van der Waals surface area contributed by atoms with Crippen molar-refractivity contribution in [1.29, 1.82) is 0 Å². The van der Waals surface area contributed by atoms with Crippen LogP contribution in [0, 0.1) is 6.92 Å². The van der Waals surface area contributed by atoms with Gasteiger partial charge in [0.15, 0.2) is 0 Å². The molecule has 11 heteroatoms. The monoisotopic (exact) mass is 794 g/mol. The van der Waals surface area contributed by atoms with Gasteiger partial charge >= 0.3 is 17.9 Å². The van der Waals surface area contributed by atoms with Crippen LogP contribution in [0.5, 0.6) is 34.5 Å². The van der Waals surface area contributed by atoms with Crippen LogP contribution in [0.25, 0.3) is 0 Å². The van der Waals surface area contributed by atoms with Gasteiger partial charge < -0.3 is 38.3 Å². The van der Waals surface area contributed by atoms with Crippen LogP contribution in [-0.4, -0.2) is 65.7 Å². The summed E-state index contributed by atoms with van der Waals surface area (Å²) in [6, 6.07) is 7.94. The topological polar surface area (TPSA) is 136 Å². The molecule has 3 aromatic carbocycles. The summed E-state index contributed by atoms with van der Waals surface area (Å²) in [6.45, 7) is 8.29. The molecular weight excluding hydrogens is 728 g/mol. The van der Waals surface area contributed by atoms with Crippen LogP contribution < -0.4 is 28.4 Å². The van der Waals surface area contributed by atoms with Gasteiger partial charge in [-0.05, 0) is 75.8 Å². The number of rotatable bonds is 24. The van der Waals surface area contributed by atoms with Crippen LogP contribution >= 0.6 is 0 Å². The predicted octanol–water partition coefficient (Wildman–Crippen LogP) is 10.8. The second kappa shape index (κ2) is 26.1. The number of hydrogen-bond donors (Lipinski definition) is 1. The molecule has 0 amide bonds. The average Bonchev–Trinajstić information content (AvgIpc) is 3.22. The van der Waals surface area contributed by atoms with Gasteiger partial charge in [0.1, 0.15) is 34.5 Å². The van der Waals surface area contributed by atoms with Gasteiger partial charge in [0, 0.05) is 22.3 Å². The van der Waals surface area contributed by atoms with E-state index >= 15 is 0 Å². The van der Waals surface area contributed by atoms with Gasteiger partial charge in [-0.3, -0.25) is 0 Å². The molecule has 3 rings (SSSR count). The van der Waals surface area contributed by atoms with E-state index in [0.29, 0.717) is 40.1 Å². The van der Waals surface area contributed by atoms with Gasteiger partial charge in [-0.25, -0.2) is 14.4 Å². The third kappa shape index (κ3) is 14.2. The first kappa shape index (κ1) is 48.2. The van der Waals surface area contributed by atoms with Crippen molar-refractivity contribution in [2.45, 2.75) is 124 Å². The highest BCUT2D eigenvalue weighted by atomic mass is 16.6. The van der Waals surface area contributed by atoms with Gasteiger partial charge in [0.2, 0.25) is 0 Å². The van der Waals surface area contributed by atoms with Crippen molar-refractivity contribution in [3.8, 4) is 34.5 Å². The van der Waals surface area contributed by atoms with Gasteiger partial charge in [-0.1, -0.05) is 78.6 Å². The number of hydrogen-bond acceptors (Lipinski definition) is 10. The summed E-state index contributed by atoms with van der Waals surface area (Å²) >= 11 is 0. The van der Waals surface area contributed by atoms with Gasteiger partial charge in [0.05, 0.1) is 59.3 Å². The van der Waals surface area contributed by atoms with E-state index in [2.05, 4.69) is 20.8 Å². The van der Waals surface area contributed by atoms with Crippen LogP contribution in [0.2, 0.25) is 0 Å². The summed E-state index contributed by atoms with van der Waals surface area (Å²) in [4.78, 5) is 37.2. The quantitative estimate of drug-likeness (QED) is 0.0527. The fourth-order valence-electron chi connectivity index (χ4n) is 6.78. The molecule has 0 bridgehead atoms. The Hall–Kier alpha value is -4.93. The maximum Gasteiger partial charge on any atom is 0.346 e. The fraction of sp³-hybridized carbons (Fsp3) is 0.543. The Balaban J connectivity index is 0.000000494. The standard InChI is InChI=1S/C31H44O7.C15H22O4/c1-8-10-12-14-16-23-26(34-4)18-22(19-27(23)35-5)30(32)38-31(33)25-20-28(36-6)24(17-15-13-11-9-2)29(37-7)21(25)3;1-4-5-6-7-8-12-13(18-2)9-11(15(16)17)10-14(12)19-3/h18-20H,8-17H2,1-7H3;9-10H,4-8H2,1-3H3,(H,16,17). The highest BCUT2D eigenvalue weighted by molar-refractivity contribution is 6.04. The molecule has 0 aromatic heterocycles. The zero-order valence-corrected chi connectivity index (χ0v) is 36.0. The van der Waals surface area contributed by atoms with Gasteiger partial charge in [-0.15, -0.1) is 0 Å². The minimum Gasteiger partial charge on any atom is -0.496 e. The summed E-state index contributed by atoms with van der Waals surface area (Å²) in [6.07, 6.45) is 15.8. The number of methoxy groups -OCH3 is 6. The summed E-state index contributed by atoms with van der Waals surface area (Å²) in [5.74, 6) is 0.832. The van der Waals surface area contributed by atoms with Crippen molar-refractivity contribution in [3.05, 3.63) is 69.3 Å². The molecule has 0 heterocycles. The van der Waals surface area contributed by atoms with E-state index in [1.165, 1.54) is 12.8 Å². The van der Waals surface area contributed by atoms with Crippen LogP contribution in [0.4, 0.5) is 0 Å². The average molecular weight is 795 g/mol. The van der Waals surface area contributed by atoms with Crippen molar-refractivity contribution < 1.29 is 52.6 Å². The lowest BCUT2D eigenvalue weighted by molar-refractivity contribution is 0.0395. The molecule has 0 unspecified atom stereocenters. The Morgan fingerprint density at radius 1 is 0.474 bits per heavy atom. The molecular formula is C46H66O11. The smallest absolute Gasteiger partial charge is 0.346 e. The Morgan fingerprint density at radius 3 is 1.19 bits per heavy atom. The number of benzene rings is 3. The van der Waals surface area contributed by atoms with Crippen molar-refractivity contribution in [2.75, 3.05) is 42.7 Å². The molecule has 0 radical (unpaired) electrons. The zero-order chi connectivity index (χ0) is 42.3. The molecule has 3 aromatic rings. The molecule has 0 aliphatic heterocycles. The summed E-state index contributed by atoms with van der Waals surface area (Å²) in [5, 5.41) is 9.05. The van der Waals surface area contributed by atoms with Gasteiger partial charge in [-0.2, -0.15) is 0 Å². The second-order valence-electron chi connectivity index (χ2n) is 13.9. The normalized spacial score (nSPS) is 10.6. The van der Waals surface area contributed by atoms with E-state index in [-0.39, 0.29) is 16.7 Å². The van der Waals surface area contributed by atoms with E-state index in [1.807, 2.05) is 0 Å². The maximum atomic E-state index is 13.2. The molecule has 0 atom stereocenters. The van der Waals surface area contributed by atoms with Crippen molar-refractivity contribution >= 4 is 17.9 Å². The summed E-state index contributed by atoms with van der Waals surface area (Å²) < 4.78 is 38.3. The second-order valence-corrected chi connectivity index (χ2v) is 13.9. The maximum absolute atomic E-state index is 13.2. The molecule has 11 nitrogen and oxygen atoms in total. The Morgan fingerprint density at radius 2 is 0.842 bits per heavy atom. The van der Waals surface area contributed by atoms with E-state index in [4.69, 9.17) is 38.3 Å². The molecule has 1 N–H and O–H groups in total. The lowest BCUT2D eigenvalue weighted by atomic mass is 9.97. The highest BCUT2D eigenvalue weighted by Crippen LogP contribution is 2.37. The summed E-state index contributed by atoms with van der Waals surface area (Å²) in [5.41, 5.74) is 3.94. The first-order valence-corrected chi connectivity index (χ1v) is 20.2. The van der Waals surface area contributed by atoms with Crippen LogP contribution in [0.3, 0.4) is 0 Å². The number of carboxylic acids is 1. The largest absolute Gasteiger partial charge is 0.496 e. The number of esters is 2. The van der Waals surface area contributed by atoms with Crippen LogP contribution in [-0.2, 0) is 24.0 Å². The van der Waals surface area contributed by atoms with Crippen molar-refractivity contribution in [1.82, 2.24) is 0 Å². The molecule has 57 heavy (non-hydrogen) atoms. The number of carbonyl (C=O) groups is 3. The SMILES string of the molecule is CCCCCCc1c(OC)cc(C(=O)O)cc1OC.CCCCCCc1c(OC)cc(C(=O)OC(=O)c2cc(OC)c(CCCCCC)c(OC)c2C)cc1OC. The summed E-state index contributed by atoms with van der Waals surface area (Å²) in [7, 11) is 9.33. The van der Waals surface area contributed by atoms with Crippen molar-refractivity contribution in [2.24, 2.45) is 0 Å². The van der Waals surface area contributed by atoms with E-state index in [1.54, 1.807) is 79.9 Å². The Labute approximate surface area is 340 Å².